The number of ether oxygens (including phenoxy) is 1. The van der Waals surface area contributed by atoms with Crippen molar-refractivity contribution in [3.8, 4) is 0 Å². The van der Waals surface area contributed by atoms with Gasteiger partial charge in [0.15, 0.2) is 0 Å². The first-order valence-electron chi connectivity index (χ1n) is 6.88. The number of amides is 2. The standard InChI is InChI=1S/C13H24N2O4/c1-15(8-2-4-12(16)17)13(18)14-7-3-9-19-10-11-5-6-11/h11H,2-10H2,1H3,(H,14,18)(H,16,17). The first kappa shape index (κ1) is 15.8. The highest BCUT2D eigenvalue weighted by atomic mass is 16.5. The van der Waals surface area contributed by atoms with Crippen LogP contribution in [-0.2, 0) is 9.53 Å². The number of nitrogens with zero attached hydrogens (tertiary/aromatic N) is 1. The van der Waals surface area contributed by atoms with Gasteiger partial charge in [-0.1, -0.05) is 0 Å². The minimum Gasteiger partial charge on any atom is -0.481 e. The van der Waals surface area contributed by atoms with Gasteiger partial charge in [0, 0.05) is 39.8 Å². The van der Waals surface area contributed by atoms with E-state index in [9.17, 15) is 9.59 Å². The van der Waals surface area contributed by atoms with E-state index < -0.39 is 5.97 Å². The second kappa shape index (κ2) is 8.74. The van der Waals surface area contributed by atoms with Gasteiger partial charge in [-0.3, -0.25) is 4.79 Å². The summed E-state index contributed by atoms with van der Waals surface area (Å²) in [6.45, 7) is 2.58. The first-order valence-corrected chi connectivity index (χ1v) is 6.88. The second-order valence-corrected chi connectivity index (χ2v) is 5.02. The van der Waals surface area contributed by atoms with E-state index in [1.165, 1.54) is 17.7 Å². The molecule has 19 heavy (non-hydrogen) atoms. The zero-order valence-electron chi connectivity index (χ0n) is 11.6. The van der Waals surface area contributed by atoms with E-state index in [1.54, 1.807) is 7.05 Å². The Bertz CT molecular complexity index is 292. The molecule has 0 saturated heterocycles. The molecule has 1 fully saturated rings. The summed E-state index contributed by atoms with van der Waals surface area (Å²) in [6.07, 6.45) is 3.95. The molecular weight excluding hydrogens is 248 g/mol. The minimum atomic E-state index is -0.832. The Morgan fingerprint density at radius 2 is 2.11 bits per heavy atom. The van der Waals surface area contributed by atoms with Gasteiger partial charge < -0.3 is 20.1 Å². The second-order valence-electron chi connectivity index (χ2n) is 5.02. The summed E-state index contributed by atoms with van der Waals surface area (Å²) < 4.78 is 5.46. The van der Waals surface area contributed by atoms with Gasteiger partial charge in [0.25, 0.3) is 0 Å². The van der Waals surface area contributed by atoms with E-state index in [1.807, 2.05) is 0 Å². The summed E-state index contributed by atoms with van der Waals surface area (Å²) in [4.78, 5) is 23.4. The number of urea groups is 1. The van der Waals surface area contributed by atoms with Crippen molar-refractivity contribution >= 4 is 12.0 Å². The summed E-state index contributed by atoms with van der Waals surface area (Å²) in [7, 11) is 1.67. The Morgan fingerprint density at radius 3 is 2.74 bits per heavy atom. The summed E-state index contributed by atoms with van der Waals surface area (Å²) in [6, 6.07) is -0.160. The zero-order valence-corrected chi connectivity index (χ0v) is 11.6. The smallest absolute Gasteiger partial charge is 0.317 e. The predicted molar refractivity (Wildman–Crippen MR) is 71.1 cm³/mol. The molecule has 0 bridgehead atoms. The van der Waals surface area contributed by atoms with Gasteiger partial charge in [0.1, 0.15) is 0 Å². The fraction of sp³-hybridized carbons (Fsp3) is 0.846. The molecule has 2 N–H and O–H groups in total. The number of carboxylic acid groups (broad SMARTS) is 1. The van der Waals surface area contributed by atoms with Crippen LogP contribution < -0.4 is 5.32 Å². The molecule has 0 aliphatic heterocycles. The Hall–Kier alpha value is -1.30. The molecule has 0 spiro atoms. The first-order chi connectivity index (χ1) is 9.09. The largest absolute Gasteiger partial charge is 0.481 e. The lowest BCUT2D eigenvalue weighted by atomic mass is 10.3. The van der Waals surface area contributed by atoms with Gasteiger partial charge in [0.2, 0.25) is 0 Å². The van der Waals surface area contributed by atoms with Crippen LogP contribution in [0.25, 0.3) is 0 Å². The van der Waals surface area contributed by atoms with Crippen LogP contribution in [0.2, 0.25) is 0 Å². The number of rotatable bonds is 10. The van der Waals surface area contributed by atoms with E-state index in [0.717, 1.165) is 18.9 Å². The molecule has 2 amide bonds. The lowest BCUT2D eigenvalue weighted by Gasteiger charge is -2.17. The number of carbonyl (C=O) groups excluding carboxylic acids is 1. The van der Waals surface area contributed by atoms with Gasteiger partial charge in [0.05, 0.1) is 0 Å². The maximum Gasteiger partial charge on any atom is 0.317 e. The highest BCUT2D eigenvalue weighted by Crippen LogP contribution is 2.28. The van der Waals surface area contributed by atoms with Crippen LogP contribution in [0.15, 0.2) is 0 Å². The Morgan fingerprint density at radius 1 is 1.37 bits per heavy atom. The van der Waals surface area contributed by atoms with Crippen LogP contribution in [0.4, 0.5) is 4.79 Å². The third-order valence-corrected chi connectivity index (χ3v) is 3.02. The molecule has 0 aromatic heterocycles. The van der Waals surface area contributed by atoms with Crippen molar-refractivity contribution in [3.05, 3.63) is 0 Å². The molecule has 0 heterocycles. The molecular formula is C13H24N2O4. The molecule has 1 aliphatic rings. The summed E-state index contributed by atoms with van der Waals surface area (Å²) in [5.41, 5.74) is 0. The van der Waals surface area contributed by atoms with E-state index in [0.29, 0.717) is 26.1 Å². The van der Waals surface area contributed by atoms with Crippen molar-refractivity contribution in [3.63, 3.8) is 0 Å². The number of aliphatic carboxylic acids is 1. The van der Waals surface area contributed by atoms with Crippen LogP contribution in [0.5, 0.6) is 0 Å². The summed E-state index contributed by atoms with van der Waals surface area (Å²) in [5, 5.41) is 11.3. The molecule has 1 saturated carbocycles. The Kier molecular flexibility index (Phi) is 7.25. The van der Waals surface area contributed by atoms with Crippen LogP contribution >= 0.6 is 0 Å². The van der Waals surface area contributed by atoms with Crippen molar-refractivity contribution in [2.24, 2.45) is 5.92 Å². The van der Waals surface area contributed by atoms with Crippen molar-refractivity contribution < 1.29 is 19.4 Å². The number of hydrogen-bond donors (Lipinski definition) is 2. The van der Waals surface area contributed by atoms with Gasteiger partial charge in [-0.05, 0) is 31.6 Å². The molecule has 0 radical (unpaired) electrons. The van der Waals surface area contributed by atoms with Crippen LogP contribution in [0.1, 0.15) is 32.1 Å². The van der Waals surface area contributed by atoms with E-state index in [4.69, 9.17) is 9.84 Å². The van der Waals surface area contributed by atoms with E-state index in [-0.39, 0.29) is 12.5 Å². The van der Waals surface area contributed by atoms with E-state index in [2.05, 4.69) is 5.32 Å². The van der Waals surface area contributed by atoms with Gasteiger partial charge in [-0.15, -0.1) is 0 Å². The molecule has 0 atom stereocenters. The minimum absolute atomic E-state index is 0.0899. The third-order valence-electron chi connectivity index (χ3n) is 3.02. The van der Waals surface area contributed by atoms with Gasteiger partial charge in [-0.25, -0.2) is 4.79 Å². The lowest BCUT2D eigenvalue weighted by Crippen LogP contribution is -2.38. The highest BCUT2D eigenvalue weighted by molar-refractivity contribution is 5.73. The van der Waals surface area contributed by atoms with Crippen LogP contribution in [0, 0.1) is 5.92 Å². The van der Waals surface area contributed by atoms with Crippen LogP contribution in [0.3, 0.4) is 0 Å². The number of hydrogen-bond acceptors (Lipinski definition) is 3. The SMILES string of the molecule is CN(CCCC(=O)O)C(=O)NCCCOCC1CC1. The molecule has 0 aromatic carbocycles. The molecule has 1 aliphatic carbocycles. The average molecular weight is 272 g/mol. The van der Waals surface area contributed by atoms with E-state index >= 15 is 0 Å². The molecule has 6 nitrogen and oxygen atoms in total. The molecule has 1 rings (SSSR count). The van der Waals surface area contributed by atoms with Gasteiger partial charge in [-0.2, -0.15) is 0 Å². The molecule has 110 valence electrons. The number of nitrogens with one attached hydrogen (secondary N) is 1. The number of carboxylic acids is 1. The lowest BCUT2D eigenvalue weighted by molar-refractivity contribution is -0.137. The fourth-order valence-electron chi connectivity index (χ4n) is 1.61. The number of carbonyl (C=O) groups is 2. The maximum atomic E-state index is 11.6. The van der Waals surface area contributed by atoms with Crippen molar-refractivity contribution in [2.75, 3.05) is 33.4 Å². The quantitative estimate of drug-likeness (QED) is 0.588. The molecule has 6 heteroatoms. The van der Waals surface area contributed by atoms with Crippen LogP contribution in [-0.4, -0.2) is 55.4 Å². The normalized spacial score (nSPS) is 14.2. The molecule has 0 unspecified atom stereocenters. The Balaban J connectivity index is 1.91. The van der Waals surface area contributed by atoms with Crippen molar-refractivity contribution in [1.82, 2.24) is 10.2 Å². The zero-order chi connectivity index (χ0) is 14.1. The average Bonchev–Trinajstić information content (AvgIpc) is 3.16. The fourth-order valence-corrected chi connectivity index (χ4v) is 1.61. The highest BCUT2D eigenvalue weighted by Gasteiger charge is 2.20. The topological polar surface area (TPSA) is 78.9 Å². The van der Waals surface area contributed by atoms with Crippen molar-refractivity contribution in [1.29, 1.82) is 0 Å². The summed E-state index contributed by atoms with van der Waals surface area (Å²) in [5.74, 6) is -0.0587. The third kappa shape index (κ3) is 8.42. The predicted octanol–water partition coefficient (Wildman–Crippen LogP) is 1.31. The monoisotopic (exact) mass is 272 g/mol. The van der Waals surface area contributed by atoms with Crippen molar-refractivity contribution in [2.45, 2.75) is 32.1 Å². The maximum absolute atomic E-state index is 11.6. The van der Waals surface area contributed by atoms with Gasteiger partial charge >= 0.3 is 12.0 Å². The molecule has 0 aromatic rings. The summed E-state index contributed by atoms with van der Waals surface area (Å²) >= 11 is 0. The Labute approximate surface area is 114 Å².